The van der Waals surface area contributed by atoms with Crippen molar-refractivity contribution in [3.05, 3.63) is 59.7 Å². The Kier molecular flexibility index (Phi) is 5.54. The molecule has 1 aliphatic heterocycles. The Hall–Kier alpha value is -3.76. The van der Waals surface area contributed by atoms with E-state index < -0.39 is 0 Å². The smallest absolute Gasteiger partial charge is 0.255 e. The Morgan fingerprint density at radius 2 is 2.03 bits per heavy atom. The standard InChI is InChI=1S/C24H28N8O2/c1-15-16(10-31-12-18(33)13-31)11-32(28-15)22-7-8-25-24(27-22)26-17-5-6-21-19(9-17)20(14-30(21)4)23(34)29(2)3/h5-9,11,14,18,33H,10,12-13H2,1-4H3,(H,25,26,27). The maximum Gasteiger partial charge on any atom is 0.255 e. The molecule has 3 aromatic heterocycles. The highest BCUT2D eigenvalue weighted by atomic mass is 16.3. The molecule has 1 saturated heterocycles. The van der Waals surface area contributed by atoms with E-state index in [0.29, 0.717) is 30.4 Å². The predicted molar refractivity (Wildman–Crippen MR) is 129 cm³/mol. The van der Waals surface area contributed by atoms with Gasteiger partial charge in [-0.25, -0.2) is 9.67 Å². The zero-order chi connectivity index (χ0) is 24.0. The molecule has 4 heterocycles. The van der Waals surface area contributed by atoms with Crippen LogP contribution in [0.3, 0.4) is 0 Å². The fraction of sp³-hybridized carbons (Fsp3) is 0.333. The molecule has 5 rings (SSSR count). The molecule has 1 aliphatic rings. The van der Waals surface area contributed by atoms with Gasteiger partial charge in [-0.15, -0.1) is 0 Å². The van der Waals surface area contributed by atoms with Crippen LogP contribution in [0.2, 0.25) is 0 Å². The fourth-order valence-corrected chi connectivity index (χ4v) is 4.23. The zero-order valence-corrected chi connectivity index (χ0v) is 19.7. The van der Waals surface area contributed by atoms with Crippen molar-refractivity contribution in [3.8, 4) is 5.82 Å². The lowest BCUT2D eigenvalue weighted by Crippen LogP contribution is -2.49. The second-order valence-electron chi connectivity index (χ2n) is 8.98. The molecule has 0 aliphatic carbocycles. The summed E-state index contributed by atoms with van der Waals surface area (Å²) in [6.07, 6.45) is 5.29. The van der Waals surface area contributed by atoms with E-state index in [1.54, 1.807) is 29.9 Å². The van der Waals surface area contributed by atoms with Crippen molar-refractivity contribution in [1.29, 1.82) is 0 Å². The zero-order valence-electron chi connectivity index (χ0n) is 19.7. The number of amides is 1. The molecule has 2 N–H and O–H groups in total. The van der Waals surface area contributed by atoms with Crippen molar-refractivity contribution in [2.24, 2.45) is 7.05 Å². The van der Waals surface area contributed by atoms with E-state index in [4.69, 9.17) is 0 Å². The minimum absolute atomic E-state index is 0.0430. The van der Waals surface area contributed by atoms with Gasteiger partial charge < -0.3 is 19.9 Å². The number of anilines is 2. The third-order valence-electron chi connectivity index (χ3n) is 6.09. The van der Waals surface area contributed by atoms with E-state index in [-0.39, 0.29) is 12.0 Å². The lowest BCUT2D eigenvalue weighted by molar-refractivity contribution is -0.00297. The van der Waals surface area contributed by atoms with E-state index >= 15 is 0 Å². The summed E-state index contributed by atoms with van der Waals surface area (Å²) in [5, 5.41) is 18.3. The first-order chi connectivity index (χ1) is 16.3. The first-order valence-electron chi connectivity index (χ1n) is 11.1. The molecular weight excluding hydrogens is 432 g/mol. The molecule has 34 heavy (non-hydrogen) atoms. The molecule has 0 bridgehead atoms. The van der Waals surface area contributed by atoms with E-state index in [1.165, 1.54) is 0 Å². The fourth-order valence-electron chi connectivity index (χ4n) is 4.23. The summed E-state index contributed by atoms with van der Waals surface area (Å²) in [5.41, 5.74) is 4.45. The Balaban J connectivity index is 1.39. The molecule has 0 atom stereocenters. The maximum atomic E-state index is 12.6. The number of aliphatic hydroxyl groups excluding tert-OH is 1. The third kappa shape index (κ3) is 4.13. The molecule has 0 spiro atoms. The largest absolute Gasteiger partial charge is 0.390 e. The van der Waals surface area contributed by atoms with Crippen molar-refractivity contribution in [3.63, 3.8) is 0 Å². The van der Waals surface area contributed by atoms with Crippen LogP contribution in [0.25, 0.3) is 16.7 Å². The minimum Gasteiger partial charge on any atom is -0.390 e. The molecule has 0 saturated carbocycles. The van der Waals surface area contributed by atoms with Crippen molar-refractivity contribution in [1.82, 2.24) is 34.1 Å². The lowest BCUT2D eigenvalue weighted by atomic mass is 10.1. The normalized spacial score (nSPS) is 14.4. The quantitative estimate of drug-likeness (QED) is 0.454. The van der Waals surface area contributed by atoms with Crippen LogP contribution in [-0.4, -0.2) is 78.4 Å². The van der Waals surface area contributed by atoms with Crippen LogP contribution < -0.4 is 5.32 Å². The van der Waals surface area contributed by atoms with Crippen molar-refractivity contribution in [2.45, 2.75) is 19.6 Å². The number of hydrogen-bond acceptors (Lipinski definition) is 7. The average Bonchev–Trinajstić information content (AvgIpc) is 3.32. The Morgan fingerprint density at radius 3 is 2.76 bits per heavy atom. The summed E-state index contributed by atoms with van der Waals surface area (Å²) in [7, 11) is 5.43. The summed E-state index contributed by atoms with van der Waals surface area (Å²) in [6, 6.07) is 7.67. The SMILES string of the molecule is Cc1nn(-c2ccnc(Nc3ccc4c(c3)c(C(=O)N(C)C)cn4C)n2)cc1CN1CC(O)C1. The Bertz CT molecular complexity index is 1370. The summed E-state index contributed by atoms with van der Waals surface area (Å²) in [6.45, 7) is 4.12. The predicted octanol–water partition coefficient (Wildman–Crippen LogP) is 2.08. The number of carbonyl (C=O) groups excluding carboxylic acids is 1. The topological polar surface area (TPSA) is 104 Å². The molecule has 0 radical (unpaired) electrons. The number of aliphatic hydroxyl groups is 1. The van der Waals surface area contributed by atoms with E-state index in [9.17, 15) is 9.90 Å². The Labute approximate surface area is 197 Å². The molecule has 1 fully saturated rings. The van der Waals surface area contributed by atoms with Crippen molar-refractivity contribution in [2.75, 3.05) is 32.5 Å². The number of carbonyl (C=O) groups is 1. The first-order valence-corrected chi connectivity index (χ1v) is 11.1. The van der Waals surface area contributed by atoms with Gasteiger partial charge in [0.2, 0.25) is 5.95 Å². The minimum atomic E-state index is -0.224. The van der Waals surface area contributed by atoms with Crippen molar-refractivity contribution >= 4 is 28.4 Å². The second-order valence-corrected chi connectivity index (χ2v) is 8.98. The molecule has 1 aromatic carbocycles. The number of nitrogens with one attached hydrogen (secondary N) is 1. The molecule has 176 valence electrons. The van der Waals surface area contributed by atoms with Gasteiger partial charge in [-0.3, -0.25) is 9.69 Å². The number of nitrogens with zero attached hydrogens (tertiary/aromatic N) is 7. The van der Waals surface area contributed by atoms with E-state index in [0.717, 1.165) is 34.4 Å². The maximum absolute atomic E-state index is 12.6. The number of likely N-dealkylation sites (tertiary alicyclic amines) is 1. The molecule has 4 aromatic rings. The highest BCUT2D eigenvalue weighted by Crippen LogP contribution is 2.26. The van der Waals surface area contributed by atoms with Crippen LogP contribution in [0.4, 0.5) is 11.6 Å². The van der Waals surface area contributed by atoms with E-state index in [2.05, 4.69) is 25.3 Å². The monoisotopic (exact) mass is 460 g/mol. The van der Waals surface area contributed by atoms with Gasteiger partial charge in [-0.2, -0.15) is 10.1 Å². The number of aromatic nitrogens is 5. The van der Waals surface area contributed by atoms with Gasteiger partial charge in [0.05, 0.1) is 17.4 Å². The van der Waals surface area contributed by atoms with Gasteiger partial charge in [0.1, 0.15) is 0 Å². The summed E-state index contributed by atoms with van der Waals surface area (Å²) in [4.78, 5) is 25.4. The number of benzene rings is 1. The van der Waals surface area contributed by atoms with Gasteiger partial charge in [0.15, 0.2) is 5.82 Å². The summed E-state index contributed by atoms with van der Waals surface area (Å²) < 4.78 is 3.70. The number of fused-ring (bicyclic) bond motifs is 1. The summed E-state index contributed by atoms with van der Waals surface area (Å²) in [5.74, 6) is 1.05. The van der Waals surface area contributed by atoms with Crippen LogP contribution in [0.15, 0.2) is 42.9 Å². The molecule has 10 heteroatoms. The molecular formula is C24H28N8O2. The van der Waals surface area contributed by atoms with Gasteiger partial charge >= 0.3 is 0 Å². The highest BCUT2D eigenvalue weighted by molar-refractivity contribution is 6.07. The van der Waals surface area contributed by atoms with Gasteiger partial charge in [-0.1, -0.05) is 0 Å². The van der Waals surface area contributed by atoms with Crippen LogP contribution >= 0.6 is 0 Å². The first kappa shape index (κ1) is 22.1. The second kappa shape index (κ2) is 8.54. The van der Waals surface area contributed by atoms with E-state index in [1.807, 2.05) is 55.2 Å². The molecule has 10 nitrogen and oxygen atoms in total. The van der Waals surface area contributed by atoms with Gasteiger partial charge in [-0.05, 0) is 25.1 Å². The highest BCUT2D eigenvalue weighted by Gasteiger charge is 2.25. The van der Waals surface area contributed by atoms with Gasteiger partial charge in [0.25, 0.3) is 5.91 Å². The van der Waals surface area contributed by atoms with Gasteiger partial charge in [0, 0.05) is 87.6 Å². The number of rotatable bonds is 6. The Morgan fingerprint density at radius 1 is 1.24 bits per heavy atom. The van der Waals surface area contributed by atoms with Crippen LogP contribution in [0.5, 0.6) is 0 Å². The van der Waals surface area contributed by atoms with Crippen molar-refractivity contribution < 1.29 is 9.90 Å². The molecule has 1 amide bonds. The summed E-state index contributed by atoms with van der Waals surface area (Å²) >= 11 is 0. The van der Waals surface area contributed by atoms with Crippen LogP contribution in [0, 0.1) is 6.92 Å². The average molecular weight is 461 g/mol. The van der Waals surface area contributed by atoms with Crippen LogP contribution in [0.1, 0.15) is 21.6 Å². The third-order valence-corrected chi connectivity index (χ3v) is 6.09. The molecule has 0 unspecified atom stereocenters. The lowest BCUT2D eigenvalue weighted by Gasteiger charge is -2.35. The number of aryl methyl sites for hydroxylation is 2. The number of hydrogen-bond donors (Lipinski definition) is 2. The number of β-amino-alcohol motifs (C(OH)–C–C–N with tert-alkyl or cyclic N) is 1. The van der Waals surface area contributed by atoms with Crippen LogP contribution in [-0.2, 0) is 13.6 Å².